The van der Waals surface area contributed by atoms with Gasteiger partial charge in [-0.25, -0.2) is 0 Å². The molecular formula is C18H18N4O. The van der Waals surface area contributed by atoms with Crippen LogP contribution in [-0.4, -0.2) is 39.1 Å². The fourth-order valence-electron chi connectivity index (χ4n) is 3.37. The summed E-state index contributed by atoms with van der Waals surface area (Å²) in [4.78, 5) is 19.3. The van der Waals surface area contributed by atoms with Crippen LogP contribution in [0.1, 0.15) is 34.8 Å². The van der Waals surface area contributed by atoms with Crippen molar-refractivity contribution in [3.8, 4) is 0 Å². The van der Waals surface area contributed by atoms with Crippen molar-refractivity contribution in [2.45, 2.75) is 18.8 Å². The zero-order valence-corrected chi connectivity index (χ0v) is 12.8. The Bertz CT molecular complexity index is 823. The molecule has 0 aliphatic carbocycles. The second-order valence-electron chi connectivity index (χ2n) is 5.98. The number of likely N-dealkylation sites (tertiary alicyclic amines) is 1. The van der Waals surface area contributed by atoms with E-state index in [0.29, 0.717) is 5.92 Å². The number of H-pyrrole nitrogens is 1. The number of amides is 1. The monoisotopic (exact) mass is 306 g/mol. The molecule has 3 aromatic rings. The largest absolute Gasteiger partial charge is 0.338 e. The van der Waals surface area contributed by atoms with Gasteiger partial charge in [0.15, 0.2) is 0 Å². The summed E-state index contributed by atoms with van der Waals surface area (Å²) in [5.74, 6) is 0.427. The average molecular weight is 306 g/mol. The Balaban J connectivity index is 1.63. The number of hydrogen-bond acceptors (Lipinski definition) is 3. The van der Waals surface area contributed by atoms with Gasteiger partial charge in [0.1, 0.15) is 0 Å². The first kappa shape index (κ1) is 13.9. The van der Waals surface area contributed by atoms with Gasteiger partial charge in [0.2, 0.25) is 0 Å². The molecule has 0 radical (unpaired) electrons. The second-order valence-corrected chi connectivity index (χ2v) is 5.98. The number of nitrogens with zero attached hydrogens (tertiary/aromatic N) is 3. The molecular weight excluding hydrogens is 288 g/mol. The average Bonchev–Trinajstić information content (AvgIpc) is 3.15. The number of aromatic amines is 1. The Morgan fingerprint density at radius 1 is 1.17 bits per heavy atom. The van der Waals surface area contributed by atoms with Crippen molar-refractivity contribution in [1.29, 1.82) is 0 Å². The third-order valence-electron chi connectivity index (χ3n) is 4.55. The number of hydrogen-bond donors (Lipinski definition) is 1. The fourth-order valence-corrected chi connectivity index (χ4v) is 3.37. The maximum atomic E-state index is 13.0. The van der Waals surface area contributed by atoms with Crippen LogP contribution in [0.25, 0.3) is 10.9 Å². The zero-order valence-electron chi connectivity index (χ0n) is 12.8. The number of fused-ring (bicyclic) bond motifs is 1. The summed E-state index contributed by atoms with van der Waals surface area (Å²) in [6, 6.07) is 11.6. The lowest BCUT2D eigenvalue weighted by atomic mass is 9.94. The van der Waals surface area contributed by atoms with Gasteiger partial charge in [0, 0.05) is 48.0 Å². The fraction of sp³-hybridized carbons (Fsp3) is 0.278. The number of benzene rings is 1. The van der Waals surface area contributed by atoms with Gasteiger partial charge in [-0.3, -0.25) is 14.9 Å². The lowest BCUT2D eigenvalue weighted by Crippen LogP contribution is -2.39. The van der Waals surface area contributed by atoms with E-state index in [1.54, 1.807) is 12.4 Å². The van der Waals surface area contributed by atoms with Gasteiger partial charge < -0.3 is 4.90 Å². The van der Waals surface area contributed by atoms with Crippen LogP contribution in [0.15, 0.2) is 48.8 Å². The SMILES string of the molecule is O=C(c1cccc2ncccc12)N1CCCC(c2ccn[nH]2)C1. The summed E-state index contributed by atoms with van der Waals surface area (Å²) in [7, 11) is 0. The lowest BCUT2D eigenvalue weighted by Gasteiger charge is -2.32. The molecule has 0 saturated carbocycles. The van der Waals surface area contributed by atoms with Gasteiger partial charge in [-0.2, -0.15) is 5.10 Å². The van der Waals surface area contributed by atoms with Crippen LogP contribution >= 0.6 is 0 Å². The quantitative estimate of drug-likeness (QED) is 0.791. The maximum absolute atomic E-state index is 13.0. The molecule has 5 nitrogen and oxygen atoms in total. The predicted molar refractivity (Wildman–Crippen MR) is 88.2 cm³/mol. The topological polar surface area (TPSA) is 61.9 Å². The first-order chi connectivity index (χ1) is 11.3. The van der Waals surface area contributed by atoms with E-state index in [4.69, 9.17) is 0 Å². The van der Waals surface area contributed by atoms with Crippen LogP contribution in [-0.2, 0) is 0 Å². The van der Waals surface area contributed by atoms with Crippen molar-refractivity contribution in [3.63, 3.8) is 0 Å². The highest BCUT2D eigenvalue weighted by Crippen LogP contribution is 2.27. The molecule has 116 valence electrons. The molecule has 1 atom stereocenters. The van der Waals surface area contributed by atoms with Crippen LogP contribution < -0.4 is 0 Å². The van der Waals surface area contributed by atoms with Crippen LogP contribution in [0, 0.1) is 0 Å². The molecule has 3 heterocycles. The number of carbonyl (C=O) groups excluding carboxylic acids is 1. The van der Waals surface area contributed by atoms with Crippen molar-refractivity contribution in [2.75, 3.05) is 13.1 Å². The summed E-state index contributed by atoms with van der Waals surface area (Å²) in [5.41, 5.74) is 2.71. The Hall–Kier alpha value is -2.69. The Morgan fingerprint density at radius 3 is 3.00 bits per heavy atom. The van der Waals surface area contributed by atoms with E-state index < -0.39 is 0 Å². The molecule has 23 heavy (non-hydrogen) atoms. The summed E-state index contributed by atoms with van der Waals surface area (Å²) >= 11 is 0. The number of aromatic nitrogens is 3. The summed E-state index contributed by atoms with van der Waals surface area (Å²) in [6.07, 6.45) is 5.62. The van der Waals surface area contributed by atoms with E-state index in [9.17, 15) is 4.79 Å². The third-order valence-corrected chi connectivity index (χ3v) is 4.55. The number of piperidine rings is 1. The van der Waals surface area contributed by atoms with Crippen molar-refractivity contribution in [1.82, 2.24) is 20.1 Å². The van der Waals surface area contributed by atoms with Crippen molar-refractivity contribution < 1.29 is 4.79 Å². The number of rotatable bonds is 2. The minimum Gasteiger partial charge on any atom is -0.338 e. The summed E-state index contributed by atoms with van der Waals surface area (Å²) < 4.78 is 0. The Morgan fingerprint density at radius 2 is 2.13 bits per heavy atom. The highest BCUT2D eigenvalue weighted by molar-refractivity contribution is 6.06. The Labute approximate surface area is 134 Å². The molecule has 1 saturated heterocycles. The molecule has 1 aromatic carbocycles. The van der Waals surface area contributed by atoms with E-state index in [1.807, 2.05) is 41.3 Å². The molecule has 0 bridgehead atoms. The molecule has 4 rings (SSSR count). The van der Waals surface area contributed by atoms with Gasteiger partial charge in [-0.15, -0.1) is 0 Å². The minimum atomic E-state index is 0.0906. The van der Waals surface area contributed by atoms with E-state index in [1.165, 1.54) is 0 Å². The van der Waals surface area contributed by atoms with E-state index in [0.717, 1.165) is 48.1 Å². The molecule has 2 aromatic heterocycles. The molecule has 1 N–H and O–H groups in total. The number of pyridine rings is 1. The number of carbonyl (C=O) groups is 1. The van der Waals surface area contributed by atoms with Gasteiger partial charge >= 0.3 is 0 Å². The first-order valence-electron chi connectivity index (χ1n) is 7.95. The van der Waals surface area contributed by atoms with E-state index in [2.05, 4.69) is 15.2 Å². The molecule has 1 aliphatic rings. The van der Waals surface area contributed by atoms with E-state index >= 15 is 0 Å². The molecule has 1 fully saturated rings. The van der Waals surface area contributed by atoms with E-state index in [-0.39, 0.29) is 5.91 Å². The van der Waals surface area contributed by atoms with Crippen LogP contribution in [0.2, 0.25) is 0 Å². The molecule has 1 amide bonds. The highest BCUT2D eigenvalue weighted by Gasteiger charge is 2.27. The van der Waals surface area contributed by atoms with Gasteiger partial charge in [0.05, 0.1) is 5.52 Å². The normalized spacial score (nSPS) is 18.3. The molecule has 1 unspecified atom stereocenters. The summed E-state index contributed by atoms with van der Waals surface area (Å²) in [5, 5.41) is 7.99. The van der Waals surface area contributed by atoms with Crippen molar-refractivity contribution in [3.05, 3.63) is 60.0 Å². The van der Waals surface area contributed by atoms with Crippen molar-refractivity contribution in [2.24, 2.45) is 0 Å². The van der Waals surface area contributed by atoms with Crippen LogP contribution in [0.4, 0.5) is 0 Å². The van der Waals surface area contributed by atoms with Crippen LogP contribution in [0.5, 0.6) is 0 Å². The highest BCUT2D eigenvalue weighted by atomic mass is 16.2. The van der Waals surface area contributed by atoms with Gasteiger partial charge in [-0.1, -0.05) is 12.1 Å². The standard InChI is InChI=1S/C18H18N4O/c23-18(15-5-1-7-17-14(15)6-2-9-19-17)22-11-3-4-13(12-22)16-8-10-20-21-16/h1-2,5-10,13H,3-4,11-12H2,(H,20,21). The smallest absolute Gasteiger partial charge is 0.254 e. The minimum absolute atomic E-state index is 0.0906. The first-order valence-corrected chi connectivity index (χ1v) is 7.95. The summed E-state index contributed by atoms with van der Waals surface area (Å²) in [6.45, 7) is 1.54. The Kier molecular flexibility index (Phi) is 3.54. The molecule has 5 heteroatoms. The molecule has 0 spiro atoms. The van der Waals surface area contributed by atoms with Crippen LogP contribution in [0.3, 0.4) is 0 Å². The zero-order chi connectivity index (χ0) is 15.6. The van der Waals surface area contributed by atoms with Crippen molar-refractivity contribution >= 4 is 16.8 Å². The van der Waals surface area contributed by atoms with Gasteiger partial charge in [0.25, 0.3) is 5.91 Å². The predicted octanol–water partition coefficient (Wildman–Crippen LogP) is 2.98. The molecule has 1 aliphatic heterocycles. The number of nitrogens with one attached hydrogen (secondary N) is 1. The lowest BCUT2D eigenvalue weighted by molar-refractivity contribution is 0.0708. The second kappa shape index (κ2) is 5.83. The third kappa shape index (κ3) is 2.59. The maximum Gasteiger partial charge on any atom is 0.254 e. The van der Waals surface area contributed by atoms with Gasteiger partial charge in [-0.05, 0) is 37.1 Å².